The second kappa shape index (κ2) is 5.21. The predicted octanol–water partition coefficient (Wildman–Crippen LogP) is 2.75. The van der Waals surface area contributed by atoms with E-state index >= 15 is 0 Å². The number of nitrogens with zero attached hydrogens (tertiary/aromatic N) is 2. The van der Waals surface area contributed by atoms with Crippen LogP contribution in [0.15, 0.2) is 22.7 Å². The van der Waals surface area contributed by atoms with Crippen molar-refractivity contribution in [2.24, 2.45) is 5.92 Å². The van der Waals surface area contributed by atoms with Gasteiger partial charge in [0, 0.05) is 4.47 Å². The molecule has 1 aromatic heterocycles. The summed E-state index contributed by atoms with van der Waals surface area (Å²) < 4.78 is 7.53. The van der Waals surface area contributed by atoms with Gasteiger partial charge in [0.2, 0.25) is 5.95 Å². The van der Waals surface area contributed by atoms with Crippen molar-refractivity contribution in [3.63, 3.8) is 0 Å². The Morgan fingerprint density at radius 1 is 1.47 bits per heavy atom. The molecule has 2 aromatic rings. The van der Waals surface area contributed by atoms with Gasteiger partial charge in [-0.15, -0.1) is 0 Å². The Balaban J connectivity index is 2.65. The summed E-state index contributed by atoms with van der Waals surface area (Å²) in [5.41, 5.74) is 7.54. The summed E-state index contributed by atoms with van der Waals surface area (Å²) in [5.74, 6) is 0.0527. The molecule has 19 heavy (non-hydrogen) atoms. The first-order chi connectivity index (χ1) is 8.95. The fourth-order valence-corrected chi connectivity index (χ4v) is 2.53. The van der Waals surface area contributed by atoms with Crippen LogP contribution < -0.4 is 5.73 Å². The molecule has 102 valence electrons. The van der Waals surface area contributed by atoms with Gasteiger partial charge in [-0.3, -0.25) is 4.57 Å². The third kappa shape index (κ3) is 2.45. The van der Waals surface area contributed by atoms with Crippen LogP contribution in [-0.4, -0.2) is 22.6 Å². The van der Waals surface area contributed by atoms with Crippen molar-refractivity contribution in [3.8, 4) is 0 Å². The van der Waals surface area contributed by atoms with Gasteiger partial charge in [-0.1, -0.05) is 29.8 Å². The lowest BCUT2D eigenvalue weighted by molar-refractivity contribution is -0.145. The van der Waals surface area contributed by atoms with Gasteiger partial charge in [0.1, 0.15) is 6.04 Å². The fourth-order valence-electron chi connectivity index (χ4n) is 2.18. The van der Waals surface area contributed by atoms with Crippen molar-refractivity contribution in [2.45, 2.75) is 19.9 Å². The maximum Gasteiger partial charge on any atom is 0.329 e. The summed E-state index contributed by atoms with van der Waals surface area (Å²) in [4.78, 5) is 16.3. The van der Waals surface area contributed by atoms with Crippen LogP contribution in [0.1, 0.15) is 19.9 Å². The minimum Gasteiger partial charge on any atom is -0.467 e. The number of methoxy groups -OCH3 is 1. The zero-order chi connectivity index (χ0) is 14.2. The molecule has 0 radical (unpaired) electrons. The average molecular weight is 326 g/mol. The number of rotatable bonds is 3. The lowest BCUT2D eigenvalue weighted by Crippen LogP contribution is -2.26. The van der Waals surface area contributed by atoms with Gasteiger partial charge in [0.15, 0.2) is 0 Å². The molecule has 0 bridgehead atoms. The quantitative estimate of drug-likeness (QED) is 0.881. The van der Waals surface area contributed by atoms with Gasteiger partial charge in [0.05, 0.1) is 18.1 Å². The first-order valence-electron chi connectivity index (χ1n) is 5.96. The van der Waals surface area contributed by atoms with E-state index in [1.54, 1.807) is 4.57 Å². The van der Waals surface area contributed by atoms with Crippen LogP contribution >= 0.6 is 15.9 Å². The number of nitrogen functional groups attached to an aromatic ring is 1. The number of anilines is 1. The second-order valence-corrected chi connectivity index (χ2v) is 5.60. The number of ether oxygens (including phenoxy) is 1. The predicted molar refractivity (Wildman–Crippen MR) is 77.7 cm³/mol. The molecule has 0 saturated carbocycles. The zero-order valence-electron chi connectivity index (χ0n) is 11.1. The number of fused-ring (bicyclic) bond motifs is 1. The highest BCUT2D eigenvalue weighted by atomic mass is 79.9. The molecular formula is C13H16BrN3O2. The maximum atomic E-state index is 12.0. The highest BCUT2D eigenvalue weighted by Gasteiger charge is 2.28. The smallest absolute Gasteiger partial charge is 0.329 e. The van der Waals surface area contributed by atoms with E-state index in [0.717, 1.165) is 15.5 Å². The average Bonchev–Trinajstić information content (AvgIpc) is 2.65. The minimum atomic E-state index is -0.476. The summed E-state index contributed by atoms with van der Waals surface area (Å²) in [5, 5.41) is 0. The van der Waals surface area contributed by atoms with E-state index in [1.807, 2.05) is 32.0 Å². The van der Waals surface area contributed by atoms with Crippen LogP contribution in [-0.2, 0) is 9.53 Å². The van der Waals surface area contributed by atoms with Crippen LogP contribution in [0.4, 0.5) is 5.95 Å². The Labute approximate surface area is 119 Å². The van der Waals surface area contributed by atoms with E-state index in [2.05, 4.69) is 20.9 Å². The number of aromatic nitrogens is 2. The first-order valence-corrected chi connectivity index (χ1v) is 6.75. The van der Waals surface area contributed by atoms with E-state index < -0.39 is 6.04 Å². The van der Waals surface area contributed by atoms with Crippen molar-refractivity contribution in [2.75, 3.05) is 12.8 Å². The van der Waals surface area contributed by atoms with Crippen LogP contribution in [0.3, 0.4) is 0 Å². The maximum absolute atomic E-state index is 12.0. The summed E-state index contributed by atoms with van der Waals surface area (Å²) >= 11 is 3.39. The summed E-state index contributed by atoms with van der Waals surface area (Å²) in [6.45, 7) is 3.90. The number of halogens is 1. The van der Waals surface area contributed by atoms with Gasteiger partial charge >= 0.3 is 5.97 Å². The molecule has 0 aliphatic rings. The van der Waals surface area contributed by atoms with E-state index in [1.165, 1.54) is 7.11 Å². The Hall–Kier alpha value is -1.56. The third-order valence-electron chi connectivity index (χ3n) is 3.03. The van der Waals surface area contributed by atoms with Gasteiger partial charge in [-0.05, 0) is 24.1 Å². The van der Waals surface area contributed by atoms with E-state index in [-0.39, 0.29) is 11.9 Å². The summed E-state index contributed by atoms with van der Waals surface area (Å²) in [6.07, 6.45) is 0. The van der Waals surface area contributed by atoms with Crippen molar-refractivity contribution < 1.29 is 9.53 Å². The molecule has 1 atom stereocenters. The number of nitrogens with two attached hydrogens (primary N) is 1. The zero-order valence-corrected chi connectivity index (χ0v) is 12.6. The molecule has 0 fully saturated rings. The molecule has 1 unspecified atom stereocenters. The molecular weight excluding hydrogens is 310 g/mol. The summed E-state index contributed by atoms with van der Waals surface area (Å²) in [7, 11) is 1.38. The molecule has 2 N–H and O–H groups in total. The number of carbonyl (C=O) groups excluding carboxylic acids is 1. The standard InChI is InChI=1S/C13H16BrN3O2/c1-7(2)11(12(18)19-3)17-10-5-4-8(14)6-9(10)16-13(17)15/h4-7,11H,1-3H3,(H2,15,16). The molecule has 0 saturated heterocycles. The van der Waals surface area contributed by atoms with Crippen LogP contribution in [0.5, 0.6) is 0 Å². The lowest BCUT2D eigenvalue weighted by atomic mass is 10.0. The Morgan fingerprint density at radius 3 is 2.74 bits per heavy atom. The molecule has 5 nitrogen and oxygen atoms in total. The van der Waals surface area contributed by atoms with Crippen molar-refractivity contribution in [1.29, 1.82) is 0 Å². The highest BCUT2D eigenvalue weighted by molar-refractivity contribution is 9.10. The van der Waals surface area contributed by atoms with Gasteiger partial charge in [-0.2, -0.15) is 0 Å². The number of carbonyl (C=O) groups is 1. The van der Waals surface area contributed by atoms with Gasteiger partial charge in [-0.25, -0.2) is 9.78 Å². The second-order valence-electron chi connectivity index (χ2n) is 4.69. The Morgan fingerprint density at radius 2 is 2.16 bits per heavy atom. The summed E-state index contributed by atoms with van der Waals surface area (Å²) in [6, 6.07) is 5.18. The Kier molecular flexibility index (Phi) is 3.80. The minimum absolute atomic E-state index is 0.0517. The molecule has 2 rings (SSSR count). The number of benzene rings is 1. The highest BCUT2D eigenvalue weighted by Crippen LogP contribution is 2.29. The first kappa shape index (κ1) is 13.9. The van der Waals surface area contributed by atoms with Crippen molar-refractivity contribution in [3.05, 3.63) is 22.7 Å². The molecule has 0 spiro atoms. The Bertz CT molecular complexity index is 622. The normalized spacial score (nSPS) is 12.9. The third-order valence-corrected chi connectivity index (χ3v) is 3.52. The van der Waals surface area contributed by atoms with Gasteiger partial charge < -0.3 is 10.5 Å². The van der Waals surface area contributed by atoms with Crippen LogP contribution in [0.2, 0.25) is 0 Å². The largest absolute Gasteiger partial charge is 0.467 e. The number of esters is 1. The van der Waals surface area contributed by atoms with Crippen LogP contribution in [0, 0.1) is 5.92 Å². The van der Waals surface area contributed by atoms with Gasteiger partial charge in [0.25, 0.3) is 0 Å². The molecule has 6 heteroatoms. The SMILES string of the molecule is COC(=O)C(C(C)C)n1c(N)nc2cc(Br)ccc21. The molecule has 0 aliphatic carbocycles. The van der Waals surface area contributed by atoms with Crippen molar-refractivity contribution in [1.82, 2.24) is 9.55 Å². The monoisotopic (exact) mass is 325 g/mol. The molecule has 1 aromatic carbocycles. The van der Waals surface area contributed by atoms with Crippen molar-refractivity contribution >= 4 is 38.9 Å². The lowest BCUT2D eigenvalue weighted by Gasteiger charge is -2.21. The van der Waals surface area contributed by atoms with E-state index in [0.29, 0.717) is 5.95 Å². The van der Waals surface area contributed by atoms with E-state index in [4.69, 9.17) is 10.5 Å². The fraction of sp³-hybridized carbons (Fsp3) is 0.385. The molecule has 0 amide bonds. The molecule has 1 heterocycles. The molecule has 0 aliphatic heterocycles. The number of hydrogen-bond donors (Lipinski definition) is 1. The number of hydrogen-bond acceptors (Lipinski definition) is 4. The van der Waals surface area contributed by atoms with Crippen LogP contribution in [0.25, 0.3) is 11.0 Å². The van der Waals surface area contributed by atoms with E-state index in [9.17, 15) is 4.79 Å². The topological polar surface area (TPSA) is 70.1 Å². The number of imidazole rings is 1.